The van der Waals surface area contributed by atoms with Crippen molar-refractivity contribution in [3.05, 3.63) is 23.4 Å². The largest absolute Gasteiger partial charge is 0.302 e. The van der Waals surface area contributed by atoms with Crippen molar-refractivity contribution in [3.63, 3.8) is 0 Å². The molecule has 7 heteroatoms. The highest BCUT2D eigenvalue weighted by molar-refractivity contribution is 6.00. The van der Waals surface area contributed by atoms with Gasteiger partial charge in [0.05, 0.1) is 0 Å². The number of hydrogen-bond donors (Lipinski definition) is 3. The lowest BCUT2D eigenvalue weighted by Gasteiger charge is -1.97. The number of aromatic amines is 2. The van der Waals surface area contributed by atoms with Crippen LogP contribution in [0.4, 0.5) is 5.82 Å². The normalized spacial score (nSPS) is 14.9. The van der Waals surface area contributed by atoms with Gasteiger partial charge in [0, 0.05) is 17.7 Å². The standard InChI is InChI=1S/C12H16N6O/c1-6(2)8-5-9(16-15-8)13-12(19)11-14-10(17-18-11)7-3-4-7/h5-7H,3-4H2,1-2H3,(H,14,17,18)(H2,13,15,16,19). The van der Waals surface area contributed by atoms with E-state index in [9.17, 15) is 4.79 Å². The van der Waals surface area contributed by atoms with Crippen LogP contribution < -0.4 is 5.32 Å². The van der Waals surface area contributed by atoms with Crippen LogP contribution in [0.3, 0.4) is 0 Å². The summed E-state index contributed by atoms with van der Waals surface area (Å²) in [7, 11) is 0. The Morgan fingerprint density at radius 2 is 2.16 bits per heavy atom. The number of aromatic nitrogens is 5. The zero-order valence-corrected chi connectivity index (χ0v) is 10.9. The van der Waals surface area contributed by atoms with Crippen LogP contribution in [0.2, 0.25) is 0 Å². The molecule has 2 aromatic rings. The number of carbonyl (C=O) groups excluding carboxylic acids is 1. The Balaban J connectivity index is 1.68. The smallest absolute Gasteiger partial charge is 0.296 e. The molecule has 1 fully saturated rings. The van der Waals surface area contributed by atoms with Crippen molar-refractivity contribution in [1.82, 2.24) is 25.4 Å². The maximum Gasteiger partial charge on any atom is 0.296 e. The van der Waals surface area contributed by atoms with Crippen molar-refractivity contribution >= 4 is 11.7 Å². The van der Waals surface area contributed by atoms with Crippen molar-refractivity contribution in [2.24, 2.45) is 0 Å². The summed E-state index contributed by atoms with van der Waals surface area (Å²) in [6, 6.07) is 1.82. The van der Waals surface area contributed by atoms with E-state index >= 15 is 0 Å². The molecule has 2 heterocycles. The summed E-state index contributed by atoms with van der Waals surface area (Å²) in [5, 5.41) is 16.3. The van der Waals surface area contributed by atoms with Gasteiger partial charge in [0.1, 0.15) is 5.82 Å². The lowest BCUT2D eigenvalue weighted by Crippen LogP contribution is -2.14. The summed E-state index contributed by atoms with van der Waals surface area (Å²) in [4.78, 5) is 16.1. The molecule has 3 rings (SSSR count). The lowest BCUT2D eigenvalue weighted by molar-refractivity contribution is 0.101. The van der Waals surface area contributed by atoms with Crippen molar-refractivity contribution in [3.8, 4) is 0 Å². The van der Waals surface area contributed by atoms with E-state index in [0.29, 0.717) is 17.7 Å². The van der Waals surface area contributed by atoms with Gasteiger partial charge in [-0.2, -0.15) is 5.10 Å². The van der Waals surface area contributed by atoms with E-state index in [1.165, 1.54) is 0 Å². The average molecular weight is 260 g/mol. The Hall–Kier alpha value is -2.18. The summed E-state index contributed by atoms with van der Waals surface area (Å²) in [6.07, 6.45) is 2.24. The molecule has 100 valence electrons. The molecule has 0 spiro atoms. The third kappa shape index (κ3) is 2.49. The third-order valence-corrected chi connectivity index (χ3v) is 3.13. The highest BCUT2D eigenvalue weighted by Gasteiger charge is 2.28. The van der Waals surface area contributed by atoms with E-state index in [1.807, 2.05) is 6.07 Å². The first-order chi connectivity index (χ1) is 9.13. The second-order valence-electron chi connectivity index (χ2n) is 5.14. The molecular formula is C12H16N6O. The Morgan fingerprint density at radius 1 is 1.37 bits per heavy atom. The average Bonchev–Trinajstić information content (AvgIpc) is 2.92. The highest BCUT2D eigenvalue weighted by Crippen LogP contribution is 2.37. The number of nitrogens with zero attached hydrogens (tertiary/aromatic N) is 3. The topological polar surface area (TPSA) is 99.3 Å². The van der Waals surface area contributed by atoms with Crippen LogP contribution in [0.5, 0.6) is 0 Å². The van der Waals surface area contributed by atoms with E-state index in [4.69, 9.17) is 0 Å². The van der Waals surface area contributed by atoms with Crippen LogP contribution in [0.25, 0.3) is 0 Å². The Bertz CT molecular complexity index is 595. The van der Waals surface area contributed by atoms with Crippen LogP contribution in [-0.2, 0) is 0 Å². The van der Waals surface area contributed by atoms with Gasteiger partial charge >= 0.3 is 0 Å². The fourth-order valence-electron chi connectivity index (χ4n) is 1.78. The minimum atomic E-state index is -0.343. The van der Waals surface area contributed by atoms with Gasteiger partial charge in [-0.15, -0.1) is 5.10 Å². The molecule has 0 saturated heterocycles. The SMILES string of the molecule is CC(C)c1cc(NC(=O)c2n[nH]c(C3CC3)n2)n[nH]1. The predicted molar refractivity (Wildman–Crippen MR) is 69.0 cm³/mol. The van der Waals surface area contributed by atoms with E-state index in [0.717, 1.165) is 24.4 Å². The molecule has 1 saturated carbocycles. The van der Waals surface area contributed by atoms with Gasteiger partial charge in [-0.3, -0.25) is 15.0 Å². The molecule has 0 unspecified atom stereocenters. The van der Waals surface area contributed by atoms with Crippen LogP contribution in [0.1, 0.15) is 60.7 Å². The summed E-state index contributed by atoms with van der Waals surface area (Å²) in [6.45, 7) is 4.10. The summed E-state index contributed by atoms with van der Waals surface area (Å²) < 4.78 is 0. The molecule has 2 aromatic heterocycles. The molecule has 1 amide bonds. The molecule has 1 aliphatic carbocycles. The predicted octanol–water partition coefficient (Wildman–Crippen LogP) is 1.78. The van der Waals surface area contributed by atoms with Crippen LogP contribution in [-0.4, -0.2) is 31.3 Å². The van der Waals surface area contributed by atoms with Crippen LogP contribution in [0.15, 0.2) is 6.07 Å². The maximum absolute atomic E-state index is 11.9. The summed E-state index contributed by atoms with van der Waals surface area (Å²) in [5.74, 6) is 1.90. The Morgan fingerprint density at radius 3 is 2.79 bits per heavy atom. The maximum atomic E-state index is 11.9. The van der Waals surface area contributed by atoms with Gasteiger partial charge < -0.3 is 5.32 Å². The number of rotatable bonds is 4. The van der Waals surface area contributed by atoms with Gasteiger partial charge in [-0.25, -0.2) is 4.98 Å². The quantitative estimate of drug-likeness (QED) is 0.780. The first-order valence-corrected chi connectivity index (χ1v) is 6.42. The number of amides is 1. The monoisotopic (exact) mass is 260 g/mol. The van der Waals surface area contributed by atoms with Crippen molar-refractivity contribution < 1.29 is 4.79 Å². The number of hydrogen-bond acceptors (Lipinski definition) is 4. The van der Waals surface area contributed by atoms with Crippen molar-refractivity contribution in [1.29, 1.82) is 0 Å². The van der Waals surface area contributed by atoms with Gasteiger partial charge in [-0.1, -0.05) is 13.8 Å². The molecule has 0 radical (unpaired) electrons. The molecule has 7 nitrogen and oxygen atoms in total. The first-order valence-electron chi connectivity index (χ1n) is 6.42. The second kappa shape index (κ2) is 4.49. The van der Waals surface area contributed by atoms with E-state index in [1.54, 1.807) is 0 Å². The molecule has 0 atom stereocenters. The van der Waals surface area contributed by atoms with Crippen LogP contribution in [0, 0.1) is 0 Å². The van der Waals surface area contributed by atoms with E-state index < -0.39 is 0 Å². The van der Waals surface area contributed by atoms with Gasteiger partial charge in [0.25, 0.3) is 5.91 Å². The molecule has 0 bridgehead atoms. The van der Waals surface area contributed by atoms with E-state index in [-0.39, 0.29) is 11.7 Å². The molecule has 0 aliphatic heterocycles. The Labute approximate surface area is 110 Å². The van der Waals surface area contributed by atoms with Crippen molar-refractivity contribution in [2.45, 2.75) is 38.5 Å². The zero-order chi connectivity index (χ0) is 13.4. The van der Waals surface area contributed by atoms with Gasteiger partial charge in [0.15, 0.2) is 5.82 Å². The van der Waals surface area contributed by atoms with Gasteiger partial charge in [-0.05, 0) is 18.8 Å². The van der Waals surface area contributed by atoms with Gasteiger partial charge in [0.2, 0.25) is 5.82 Å². The second-order valence-corrected chi connectivity index (χ2v) is 5.14. The fourth-order valence-corrected chi connectivity index (χ4v) is 1.78. The lowest BCUT2D eigenvalue weighted by atomic mass is 10.1. The fraction of sp³-hybridized carbons (Fsp3) is 0.500. The molecular weight excluding hydrogens is 244 g/mol. The number of anilines is 1. The minimum Gasteiger partial charge on any atom is -0.302 e. The van der Waals surface area contributed by atoms with Crippen molar-refractivity contribution in [2.75, 3.05) is 5.32 Å². The van der Waals surface area contributed by atoms with Crippen LogP contribution >= 0.6 is 0 Å². The van der Waals surface area contributed by atoms with E-state index in [2.05, 4.69) is 44.5 Å². The summed E-state index contributed by atoms with van der Waals surface area (Å²) in [5.41, 5.74) is 0.976. The summed E-state index contributed by atoms with van der Waals surface area (Å²) >= 11 is 0. The molecule has 1 aliphatic rings. The number of H-pyrrole nitrogens is 2. The first kappa shape index (κ1) is 11.9. The Kier molecular flexibility index (Phi) is 2.81. The minimum absolute atomic E-state index is 0.163. The highest BCUT2D eigenvalue weighted by atomic mass is 16.2. The number of nitrogens with one attached hydrogen (secondary N) is 3. The zero-order valence-electron chi connectivity index (χ0n) is 10.9. The number of carbonyl (C=O) groups is 1. The molecule has 0 aromatic carbocycles. The molecule has 3 N–H and O–H groups in total. The third-order valence-electron chi connectivity index (χ3n) is 3.13. The molecule has 19 heavy (non-hydrogen) atoms.